The van der Waals surface area contributed by atoms with Gasteiger partial charge in [-0.2, -0.15) is 5.10 Å². The summed E-state index contributed by atoms with van der Waals surface area (Å²) < 4.78 is 15.9. The molecule has 1 aliphatic heterocycles. The predicted octanol–water partition coefficient (Wildman–Crippen LogP) is 3.41. The molecule has 1 aromatic carbocycles. The van der Waals surface area contributed by atoms with Gasteiger partial charge >= 0.3 is 0 Å². The summed E-state index contributed by atoms with van der Waals surface area (Å²) >= 11 is 0. The van der Waals surface area contributed by atoms with Gasteiger partial charge in [-0.05, 0) is 31.0 Å². The minimum absolute atomic E-state index is 0.254. The number of benzene rings is 1. The highest BCUT2D eigenvalue weighted by atomic mass is 19.1. The maximum absolute atomic E-state index is 14.1. The monoisotopic (exact) mass is 310 g/mol. The third-order valence-corrected chi connectivity index (χ3v) is 4.62. The number of hydrogen-bond acceptors (Lipinski definition) is 3. The summed E-state index contributed by atoms with van der Waals surface area (Å²) in [4.78, 5) is 6.71. The van der Waals surface area contributed by atoms with Crippen LogP contribution in [0, 0.1) is 12.7 Å². The fraction of sp³-hybridized carbons (Fsp3) is 0.333. The third-order valence-electron chi connectivity index (χ3n) is 4.62. The SMILES string of the molecule is Cc1cc(N2CCC(c3cnn(C)c3)C2)c2cccc(F)c2n1. The van der Waals surface area contributed by atoms with Gasteiger partial charge in [0.1, 0.15) is 11.3 Å². The first-order valence-electron chi connectivity index (χ1n) is 7.91. The van der Waals surface area contributed by atoms with E-state index < -0.39 is 0 Å². The second-order valence-corrected chi connectivity index (χ2v) is 6.30. The molecule has 1 fully saturated rings. The fourth-order valence-electron chi connectivity index (χ4n) is 3.48. The van der Waals surface area contributed by atoms with Gasteiger partial charge in [0.25, 0.3) is 0 Å². The average Bonchev–Trinajstić information content (AvgIpc) is 3.16. The Morgan fingerprint density at radius 2 is 2.17 bits per heavy atom. The number of halogens is 1. The Balaban J connectivity index is 1.71. The summed E-state index contributed by atoms with van der Waals surface area (Å²) in [6.45, 7) is 3.82. The highest BCUT2D eigenvalue weighted by Crippen LogP contribution is 2.35. The largest absolute Gasteiger partial charge is 0.370 e. The Bertz CT molecular complexity index is 871. The van der Waals surface area contributed by atoms with Crippen LogP contribution in [0.2, 0.25) is 0 Å². The highest BCUT2D eigenvalue weighted by molar-refractivity contribution is 5.92. The van der Waals surface area contributed by atoms with E-state index in [2.05, 4.69) is 27.2 Å². The van der Waals surface area contributed by atoms with E-state index in [1.165, 1.54) is 11.6 Å². The van der Waals surface area contributed by atoms with Crippen LogP contribution in [0.25, 0.3) is 10.9 Å². The molecule has 5 heteroatoms. The lowest BCUT2D eigenvalue weighted by molar-refractivity contribution is 0.636. The van der Waals surface area contributed by atoms with Gasteiger partial charge in [0.15, 0.2) is 0 Å². The van der Waals surface area contributed by atoms with Crippen molar-refractivity contribution in [2.45, 2.75) is 19.3 Å². The van der Waals surface area contributed by atoms with Crippen molar-refractivity contribution in [3.05, 3.63) is 53.7 Å². The van der Waals surface area contributed by atoms with Crippen LogP contribution in [0.5, 0.6) is 0 Å². The Morgan fingerprint density at radius 1 is 1.30 bits per heavy atom. The number of pyridine rings is 1. The number of hydrogen-bond donors (Lipinski definition) is 0. The summed E-state index contributed by atoms with van der Waals surface area (Å²) in [6.07, 6.45) is 5.12. The van der Waals surface area contributed by atoms with Crippen LogP contribution in [0.4, 0.5) is 10.1 Å². The molecule has 0 amide bonds. The van der Waals surface area contributed by atoms with Crippen molar-refractivity contribution in [3.63, 3.8) is 0 Å². The van der Waals surface area contributed by atoms with E-state index in [9.17, 15) is 4.39 Å². The first kappa shape index (κ1) is 14.2. The average molecular weight is 310 g/mol. The number of aryl methyl sites for hydroxylation is 2. The molecule has 2 aromatic heterocycles. The zero-order chi connectivity index (χ0) is 16.0. The summed E-state index contributed by atoms with van der Waals surface area (Å²) in [6, 6.07) is 7.25. The number of fused-ring (bicyclic) bond motifs is 1. The Kier molecular flexibility index (Phi) is 3.29. The smallest absolute Gasteiger partial charge is 0.149 e. The first-order valence-corrected chi connectivity index (χ1v) is 7.91. The van der Waals surface area contributed by atoms with Gasteiger partial charge in [-0.1, -0.05) is 12.1 Å². The first-order chi connectivity index (χ1) is 11.1. The van der Waals surface area contributed by atoms with Crippen molar-refractivity contribution < 1.29 is 4.39 Å². The van der Waals surface area contributed by atoms with Crippen LogP contribution in [0.15, 0.2) is 36.7 Å². The summed E-state index contributed by atoms with van der Waals surface area (Å²) in [5.41, 5.74) is 3.67. The van der Waals surface area contributed by atoms with Crippen LogP contribution in [0.1, 0.15) is 23.6 Å². The number of anilines is 1. The van der Waals surface area contributed by atoms with Gasteiger partial charge < -0.3 is 4.90 Å². The molecule has 23 heavy (non-hydrogen) atoms. The van der Waals surface area contributed by atoms with Gasteiger partial charge in [-0.25, -0.2) is 9.37 Å². The van der Waals surface area contributed by atoms with E-state index in [-0.39, 0.29) is 5.82 Å². The van der Waals surface area contributed by atoms with E-state index in [4.69, 9.17) is 0 Å². The molecule has 0 aliphatic carbocycles. The van der Waals surface area contributed by atoms with Gasteiger partial charge in [0, 0.05) is 49.0 Å². The number of nitrogens with zero attached hydrogens (tertiary/aromatic N) is 4. The Hall–Kier alpha value is -2.43. The van der Waals surface area contributed by atoms with E-state index in [0.29, 0.717) is 11.4 Å². The van der Waals surface area contributed by atoms with Gasteiger partial charge in [0.2, 0.25) is 0 Å². The molecule has 3 heterocycles. The van der Waals surface area contributed by atoms with Crippen molar-refractivity contribution in [1.29, 1.82) is 0 Å². The molecule has 118 valence electrons. The summed E-state index contributed by atoms with van der Waals surface area (Å²) in [5.74, 6) is 0.219. The van der Waals surface area contributed by atoms with E-state index in [0.717, 1.165) is 36.3 Å². The predicted molar refractivity (Wildman–Crippen MR) is 89.2 cm³/mol. The Labute approximate surface area is 134 Å². The van der Waals surface area contributed by atoms with E-state index >= 15 is 0 Å². The van der Waals surface area contributed by atoms with Crippen molar-refractivity contribution in [2.75, 3.05) is 18.0 Å². The normalized spacial score (nSPS) is 18.0. The summed E-state index contributed by atoms with van der Waals surface area (Å²) in [7, 11) is 1.94. The third kappa shape index (κ3) is 2.46. The molecule has 1 saturated heterocycles. The highest BCUT2D eigenvalue weighted by Gasteiger charge is 2.26. The second-order valence-electron chi connectivity index (χ2n) is 6.30. The van der Waals surface area contributed by atoms with Crippen LogP contribution in [0.3, 0.4) is 0 Å². The molecule has 1 aliphatic rings. The molecular weight excluding hydrogens is 291 g/mol. The zero-order valence-corrected chi connectivity index (χ0v) is 13.3. The Morgan fingerprint density at radius 3 is 2.96 bits per heavy atom. The zero-order valence-electron chi connectivity index (χ0n) is 13.3. The van der Waals surface area contributed by atoms with Crippen molar-refractivity contribution in [3.8, 4) is 0 Å². The molecule has 0 saturated carbocycles. The minimum Gasteiger partial charge on any atom is -0.370 e. The summed E-state index contributed by atoms with van der Waals surface area (Å²) in [5, 5.41) is 5.16. The topological polar surface area (TPSA) is 34.0 Å². The van der Waals surface area contributed by atoms with E-state index in [1.807, 2.05) is 30.9 Å². The number of rotatable bonds is 2. The molecule has 0 N–H and O–H groups in total. The van der Waals surface area contributed by atoms with Gasteiger partial charge in [-0.3, -0.25) is 4.68 Å². The number of aromatic nitrogens is 3. The van der Waals surface area contributed by atoms with Crippen LogP contribution < -0.4 is 4.90 Å². The molecule has 1 atom stereocenters. The second kappa shape index (κ2) is 5.33. The van der Waals surface area contributed by atoms with Crippen molar-refractivity contribution in [1.82, 2.24) is 14.8 Å². The lowest BCUT2D eigenvalue weighted by Crippen LogP contribution is -2.20. The van der Waals surface area contributed by atoms with Crippen molar-refractivity contribution >= 4 is 16.6 Å². The molecule has 4 nitrogen and oxygen atoms in total. The molecule has 1 unspecified atom stereocenters. The molecule has 0 bridgehead atoms. The molecule has 3 aromatic rings. The lowest BCUT2D eigenvalue weighted by atomic mass is 10.0. The van der Waals surface area contributed by atoms with E-state index in [1.54, 1.807) is 6.07 Å². The molecule has 0 radical (unpaired) electrons. The van der Waals surface area contributed by atoms with Crippen LogP contribution >= 0.6 is 0 Å². The molecule has 4 rings (SSSR count). The van der Waals surface area contributed by atoms with Crippen molar-refractivity contribution in [2.24, 2.45) is 7.05 Å². The minimum atomic E-state index is -0.254. The standard InChI is InChI=1S/C18H19FN4/c1-12-8-17(15-4-3-5-16(19)18(15)21-12)23-7-6-13(11-23)14-9-20-22(2)10-14/h3-5,8-10,13H,6-7,11H2,1-2H3. The maximum atomic E-state index is 14.1. The maximum Gasteiger partial charge on any atom is 0.149 e. The number of para-hydroxylation sites is 1. The quantitative estimate of drug-likeness (QED) is 0.727. The molecule has 0 spiro atoms. The van der Waals surface area contributed by atoms with Gasteiger partial charge in [0.05, 0.1) is 6.20 Å². The lowest BCUT2D eigenvalue weighted by Gasteiger charge is -2.21. The van der Waals surface area contributed by atoms with Gasteiger partial charge in [-0.15, -0.1) is 0 Å². The van der Waals surface area contributed by atoms with Crippen LogP contribution in [-0.4, -0.2) is 27.9 Å². The van der Waals surface area contributed by atoms with Crippen LogP contribution in [-0.2, 0) is 7.05 Å². The fourth-order valence-corrected chi connectivity index (χ4v) is 3.48. The molecular formula is C18H19FN4.